The van der Waals surface area contributed by atoms with Gasteiger partial charge in [-0.15, -0.1) is 0 Å². The molecule has 40 heavy (non-hydrogen) atoms. The quantitative estimate of drug-likeness (QED) is 0.295. The molecule has 0 aliphatic carbocycles. The van der Waals surface area contributed by atoms with Gasteiger partial charge in [-0.05, 0) is 92.7 Å². The molecule has 1 saturated heterocycles. The zero-order valence-corrected chi connectivity index (χ0v) is 24.6. The maximum Gasteiger partial charge on any atom is 0.335 e. The molecule has 1 heterocycles. The highest BCUT2D eigenvalue weighted by molar-refractivity contribution is 5.90. The van der Waals surface area contributed by atoms with Gasteiger partial charge >= 0.3 is 5.97 Å². The van der Waals surface area contributed by atoms with Crippen LogP contribution < -0.4 is 4.74 Å². The largest absolute Gasteiger partial charge is 0.494 e. The number of nitrogens with zero attached hydrogens (tertiary/aromatic N) is 1. The smallest absolute Gasteiger partial charge is 0.335 e. The van der Waals surface area contributed by atoms with Crippen molar-refractivity contribution in [3.63, 3.8) is 0 Å². The van der Waals surface area contributed by atoms with E-state index >= 15 is 0 Å². The number of aliphatic hydroxyl groups excluding tert-OH is 1. The molecule has 7 heteroatoms. The van der Waals surface area contributed by atoms with Crippen LogP contribution in [0.15, 0.2) is 60.7 Å². The highest BCUT2D eigenvalue weighted by Gasteiger charge is 2.19. The minimum absolute atomic E-state index is 0.177. The Kier molecular flexibility index (Phi) is 13.8. The summed E-state index contributed by atoms with van der Waals surface area (Å²) >= 11 is 0. The average Bonchev–Trinajstić information content (AvgIpc) is 3.46. The molecule has 0 saturated carbocycles. The highest BCUT2D eigenvalue weighted by atomic mass is 19.1. The fraction of sp³-hybridized carbons (Fsp3) is 0.424. The molecule has 1 aliphatic rings. The van der Waals surface area contributed by atoms with Crippen molar-refractivity contribution in [2.24, 2.45) is 0 Å². The normalized spacial score (nSPS) is 14.3. The fourth-order valence-corrected chi connectivity index (χ4v) is 4.62. The number of carboxylic acids is 1. The van der Waals surface area contributed by atoms with Gasteiger partial charge in [0.2, 0.25) is 0 Å². The lowest BCUT2D eigenvalue weighted by molar-refractivity contribution is -0.0131. The fourth-order valence-electron chi connectivity index (χ4n) is 4.62. The predicted octanol–water partition coefficient (Wildman–Crippen LogP) is 7.06. The molecule has 2 unspecified atom stereocenters. The topological polar surface area (TPSA) is 79.2 Å². The molecular weight excluding hydrogens is 509 g/mol. The third-order valence-corrected chi connectivity index (χ3v) is 6.68. The Morgan fingerprint density at radius 1 is 1.02 bits per heavy atom. The zero-order valence-electron chi connectivity index (χ0n) is 24.6. The summed E-state index contributed by atoms with van der Waals surface area (Å²) in [5.74, 6) is -0.922. The first kappa shape index (κ1) is 32.9. The Balaban J connectivity index is 0.000000391. The predicted molar refractivity (Wildman–Crippen MR) is 159 cm³/mol. The van der Waals surface area contributed by atoms with Crippen molar-refractivity contribution in [3.8, 4) is 16.9 Å². The SMILES string of the molecule is CC.COc1ccc(C)cc1F.Cc1cc(-c2ccccc2C(C)OCC(O)CN2CCCC2)ccc1C(=O)O. The maximum absolute atomic E-state index is 12.7. The molecule has 1 aliphatic heterocycles. The van der Waals surface area contributed by atoms with Gasteiger partial charge in [-0.2, -0.15) is 0 Å². The Morgan fingerprint density at radius 2 is 1.70 bits per heavy atom. The second-order valence-electron chi connectivity index (χ2n) is 9.70. The Morgan fingerprint density at radius 3 is 2.30 bits per heavy atom. The molecule has 0 aromatic heterocycles. The molecule has 1 fully saturated rings. The summed E-state index contributed by atoms with van der Waals surface area (Å²) in [7, 11) is 1.45. The van der Waals surface area contributed by atoms with Crippen molar-refractivity contribution in [1.29, 1.82) is 0 Å². The van der Waals surface area contributed by atoms with Crippen molar-refractivity contribution in [3.05, 3.63) is 88.7 Å². The van der Waals surface area contributed by atoms with Crippen LogP contribution in [0.25, 0.3) is 11.1 Å². The van der Waals surface area contributed by atoms with Crippen molar-refractivity contribution < 1.29 is 28.9 Å². The van der Waals surface area contributed by atoms with E-state index in [1.165, 1.54) is 26.0 Å². The van der Waals surface area contributed by atoms with Crippen LogP contribution in [0.2, 0.25) is 0 Å². The first-order chi connectivity index (χ1) is 19.2. The van der Waals surface area contributed by atoms with Gasteiger partial charge in [-0.1, -0.05) is 56.3 Å². The van der Waals surface area contributed by atoms with E-state index in [2.05, 4.69) is 4.90 Å². The molecule has 0 bridgehead atoms. The van der Waals surface area contributed by atoms with Gasteiger partial charge in [-0.3, -0.25) is 0 Å². The Hall–Kier alpha value is -3.26. The molecule has 3 aromatic carbocycles. The van der Waals surface area contributed by atoms with Crippen molar-refractivity contribution >= 4 is 5.97 Å². The van der Waals surface area contributed by atoms with Gasteiger partial charge in [0.1, 0.15) is 0 Å². The Labute approximate surface area is 238 Å². The van der Waals surface area contributed by atoms with Crippen LogP contribution in [0, 0.1) is 19.7 Å². The van der Waals surface area contributed by atoms with E-state index in [1.54, 1.807) is 12.1 Å². The molecule has 2 N–H and O–H groups in total. The van der Waals surface area contributed by atoms with Crippen molar-refractivity contribution in [1.82, 2.24) is 4.90 Å². The molecular formula is C33H44FNO5. The summed E-state index contributed by atoms with van der Waals surface area (Å²) in [6.45, 7) is 12.7. The van der Waals surface area contributed by atoms with E-state index in [1.807, 2.05) is 77.1 Å². The number of halogens is 1. The molecule has 0 radical (unpaired) electrons. The van der Waals surface area contributed by atoms with Gasteiger partial charge < -0.3 is 24.6 Å². The number of hydrogen-bond acceptors (Lipinski definition) is 5. The maximum atomic E-state index is 12.7. The van der Waals surface area contributed by atoms with Gasteiger partial charge in [-0.25, -0.2) is 9.18 Å². The number of ether oxygens (including phenoxy) is 2. The summed E-state index contributed by atoms with van der Waals surface area (Å²) in [6, 6.07) is 18.2. The standard InChI is InChI=1S/C23H29NO4.C8H9FO.C2H6/c1-16-13-18(9-10-20(16)23(26)27)22-8-4-3-7-21(22)17(2)28-15-19(25)14-24-11-5-6-12-24;1-6-3-4-8(10-2)7(9)5-6;1-2/h3-4,7-10,13,17,19,25H,5-6,11-12,14-15H2,1-2H3,(H,26,27);3-5H,1-2H3;1-2H3. The average molecular weight is 554 g/mol. The molecule has 4 rings (SSSR count). The van der Waals surface area contributed by atoms with E-state index in [0.29, 0.717) is 24.5 Å². The van der Waals surface area contributed by atoms with Gasteiger partial charge in [0.15, 0.2) is 11.6 Å². The zero-order chi connectivity index (χ0) is 29.7. The van der Waals surface area contributed by atoms with Crippen LogP contribution in [0.4, 0.5) is 4.39 Å². The van der Waals surface area contributed by atoms with Crippen LogP contribution in [-0.4, -0.2) is 60.5 Å². The summed E-state index contributed by atoms with van der Waals surface area (Å²) in [6.07, 6.45) is 1.74. The van der Waals surface area contributed by atoms with Crippen molar-refractivity contribution in [2.45, 2.75) is 59.7 Å². The molecule has 218 valence electrons. The lowest BCUT2D eigenvalue weighted by atomic mass is 9.94. The second kappa shape index (κ2) is 16.8. The van der Waals surface area contributed by atoms with Crippen LogP contribution in [-0.2, 0) is 4.74 Å². The first-order valence-electron chi connectivity index (χ1n) is 13.9. The van der Waals surface area contributed by atoms with E-state index in [0.717, 1.165) is 40.9 Å². The third kappa shape index (κ3) is 9.73. The third-order valence-electron chi connectivity index (χ3n) is 6.68. The minimum Gasteiger partial charge on any atom is -0.494 e. The van der Waals surface area contributed by atoms with Gasteiger partial charge in [0.25, 0.3) is 0 Å². The monoisotopic (exact) mass is 553 g/mol. The van der Waals surface area contributed by atoms with Gasteiger partial charge in [0, 0.05) is 6.54 Å². The summed E-state index contributed by atoms with van der Waals surface area (Å²) in [5.41, 5.74) is 4.96. The number of likely N-dealkylation sites (tertiary alicyclic amines) is 1. The Bertz CT molecular complexity index is 1210. The molecule has 0 spiro atoms. The summed E-state index contributed by atoms with van der Waals surface area (Å²) in [4.78, 5) is 13.5. The number of aliphatic hydroxyl groups is 1. The van der Waals surface area contributed by atoms with E-state index in [-0.39, 0.29) is 11.9 Å². The molecule has 2 atom stereocenters. The second-order valence-corrected chi connectivity index (χ2v) is 9.70. The number of methoxy groups -OCH3 is 1. The number of carboxylic acid groups (broad SMARTS) is 1. The summed E-state index contributed by atoms with van der Waals surface area (Å²) < 4.78 is 23.4. The van der Waals surface area contributed by atoms with E-state index in [9.17, 15) is 19.4 Å². The van der Waals surface area contributed by atoms with E-state index < -0.39 is 12.1 Å². The van der Waals surface area contributed by atoms with E-state index in [4.69, 9.17) is 9.47 Å². The van der Waals surface area contributed by atoms with Gasteiger partial charge in [0.05, 0.1) is 31.5 Å². The van der Waals surface area contributed by atoms with Crippen LogP contribution in [0.3, 0.4) is 0 Å². The van der Waals surface area contributed by atoms with Crippen molar-refractivity contribution in [2.75, 3.05) is 33.4 Å². The number of aromatic carboxylic acids is 1. The number of benzene rings is 3. The van der Waals surface area contributed by atoms with Crippen LogP contribution in [0.5, 0.6) is 5.75 Å². The molecule has 6 nitrogen and oxygen atoms in total. The van der Waals surface area contributed by atoms with Crippen LogP contribution >= 0.6 is 0 Å². The van der Waals surface area contributed by atoms with Crippen LogP contribution in [0.1, 0.15) is 66.8 Å². The summed E-state index contributed by atoms with van der Waals surface area (Å²) in [5, 5.41) is 19.5. The first-order valence-corrected chi connectivity index (χ1v) is 13.9. The number of rotatable bonds is 9. The number of β-amino-alcohol motifs (C(OH)–C–C–N with tert-alkyl or cyclic N) is 1. The number of carbonyl (C=O) groups is 1. The molecule has 3 aromatic rings. The highest BCUT2D eigenvalue weighted by Crippen LogP contribution is 2.31. The number of hydrogen-bond donors (Lipinski definition) is 2. The minimum atomic E-state index is -0.916. The lowest BCUT2D eigenvalue weighted by Crippen LogP contribution is -2.33. The lowest BCUT2D eigenvalue weighted by Gasteiger charge is -2.22. The number of aryl methyl sites for hydroxylation is 2. The molecule has 0 amide bonds.